The average molecular weight is 160 g/mol. The molecular formula is C6H10ClN3. The maximum atomic E-state index is 5.76. The van der Waals surface area contributed by atoms with Crippen LogP contribution in [0.5, 0.6) is 0 Å². The monoisotopic (exact) mass is 159 g/mol. The molecule has 1 heterocycles. The summed E-state index contributed by atoms with van der Waals surface area (Å²) >= 11 is 5.76. The van der Waals surface area contributed by atoms with Gasteiger partial charge in [-0.05, 0) is 13.8 Å². The lowest BCUT2D eigenvalue weighted by atomic mass is 10.4. The van der Waals surface area contributed by atoms with E-state index in [1.165, 1.54) is 0 Å². The van der Waals surface area contributed by atoms with Crippen LogP contribution in [-0.2, 0) is 0 Å². The second-order valence-corrected chi connectivity index (χ2v) is 2.79. The van der Waals surface area contributed by atoms with E-state index in [4.69, 9.17) is 17.3 Å². The van der Waals surface area contributed by atoms with Crippen LogP contribution in [0.2, 0.25) is 5.15 Å². The van der Waals surface area contributed by atoms with Gasteiger partial charge in [0.15, 0.2) is 0 Å². The van der Waals surface area contributed by atoms with Crippen molar-refractivity contribution in [2.24, 2.45) is 0 Å². The Kier molecular flexibility index (Phi) is 1.85. The number of nitrogens with zero attached hydrogens (tertiary/aromatic N) is 2. The fourth-order valence-electron chi connectivity index (χ4n) is 0.864. The number of aromatic nitrogens is 2. The van der Waals surface area contributed by atoms with Crippen molar-refractivity contribution < 1.29 is 0 Å². The summed E-state index contributed by atoms with van der Waals surface area (Å²) in [7, 11) is 0. The molecular weight excluding hydrogens is 150 g/mol. The number of imidazole rings is 1. The Morgan fingerprint density at radius 3 is 2.50 bits per heavy atom. The van der Waals surface area contributed by atoms with E-state index in [1.54, 1.807) is 10.8 Å². The number of hydrogen-bond acceptors (Lipinski definition) is 2. The Balaban J connectivity index is 3.10. The third-order valence-corrected chi connectivity index (χ3v) is 1.58. The van der Waals surface area contributed by atoms with Gasteiger partial charge in [-0.3, -0.25) is 4.57 Å². The molecule has 0 radical (unpaired) electrons. The van der Waals surface area contributed by atoms with Gasteiger partial charge in [0, 0.05) is 6.04 Å². The summed E-state index contributed by atoms with van der Waals surface area (Å²) in [5.41, 5.74) is 5.51. The summed E-state index contributed by atoms with van der Waals surface area (Å²) in [6, 6.07) is 0.273. The van der Waals surface area contributed by atoms with Crippen LogP contribution in [0.4, 0.5) is 5.95 Å². The van der Waals surface area contributed by atoms with Gasteiger partial charge in [-0.2, -0.15) is 0 Å². The zero-order valence-electron chi connectivity index (χ0n) is 6.00. The Morgan fingerprint density at radius 1 is 1.70 bits per heavy atom. The molecule has 3 nitrogen and oxygen atoms in total. The fraction of sp³-hybridized carbons (Fsp3) is 0.500. The molecule has 0 aromatic carbocycles. The molecule has 1 aromatic rings. The number of hydrogen-bond donors (Lipinski definition) is 1. The number of nitrogen functional groups attached to an aromatic ring is 1. The lowest BCUT2D eigenvalue weighted by molar-refractivity contribution is 0.610. The summed E-state index contributed by atoms with van der Waals surface area (Å²) in [4.78, 5) is 3.85. The van der Waals surface area contributed by atoms with Crippen molar-refractivity contribution in [3.63, 3.8) is 0 Å². The largest absolute Gasteiger partial charge is 0.369 e. The molecule has 1 rings (SSSR count). The van der Waals surface area contributed by atoms with Crippen LogP contribution in [0, 0.1) is 0 Å². The first-order chi connectivity index (χ1) is 4.63. The standard InChI is InChI=1S/C6H10ClN3/c1-4(2)10-5(7)3-9-6(10)8/h3-4H,1-2H3,(H2,8,9). The lowest BCUT2D eigenvalue weighted by Gasteiger charge is -2.08. The van der Waals surface area contributed by atoms with Gasteiger partial charge in [-0.25, -0.2) is 4.98 Å². The molecule has 1 aromatic heterocycles. The van der Waals surface area contributed by atoms with E-state index >= 15 is 0 Å². The molecule has 0 bridgehead atoms. The van der Waals surface area contributed by atoms with Crippen LogP contribution in [0.15, 0.2) is 6.20 Å². The van der Waals surface area contributed by atoms with E-state index in [0.717, 1.165) is 0 Å². The summed E-state index contributed by atoms with van der Waals surface area (Å²) in [5, 5.41) is 0.590. The van der Waals surface area contributed by atoms with Crippen LogP contribution < -0.4 is 5.73 Å². The van der Waals surface area contributed by atoms with Crippen molar-refractivity contribution in [1.82, 2.24) is 9.55 Å². The molecule has 2 N–H and O–H groups in total. The minimum absolute atomic E-state index is 0.273. The quantitative estimate of drug-likeness (QED) is 0.678. The predicted molar refractivity (Wildman–Crippen MR) is 42.0 cm³/mol. The highest BCUT2D eigenvalue weighted by Gasteiger charge is 2.06. The molecule has 0 aliphatic rings. The number of rotatable bonds is 1. The van der Waals surface area contributed by atoms with Crippen molar-refractivity contribution in [1.29, 1.82) is 0 Å². The average Bonchev–Trinajstić information content (AvgIpc) is 2.11. The van der Waals surface area contributed by atoms with Gasteiger partial charge in [0.05, 0.1) is 6.20 Å². The van der Waals surface area contributed by atoms with Gasteiger partial charge in [0.1, 0.15) is 5.15 Å². The van der Waals surface area contributed by atoms with Crippen molar-refractivity contribution in [3.8, 4) is 0 Å². The molecule has 0 aliphatic carbocycles. The molecule has 10 heavy (non-hydrogen) atoms. The summed E-state index contributed by atoms with van der Waals surface area (Å²) in [5.74, 6) is 0.472. The van der Waals surface area contributed by atoms with Crippen molar-refractivity contribution in [3.05, 3.63) is 11.3 Å². The van der Waals surface area contributed by atoms with Crippen LogP contribution in [0.25, 0.3) is 0 Å². The van der Waals surface area contributed by atoms with Gasteiger partial charge in [-0.15, -0.1) is 0 Å². The van der Waals surface area contributed by atoms with E-state index in [9.17, 15) is 0 Å². The van der Waals surface area contributed by atoms with Gasteiger partial charge in [0.25, 0.3) is 0 Å². The van der Waals surface area contributed by atoms with Crippen LogP contribution >= 0.6 is 11.6 Å². The number of nitrogens with two attached hydrogens (primary N) is 1. The highest BCUT2D eigenvalue weighted by molar-refractivity contribution is 6.29. The molecule has 0 aliphatic heterocycles. The Morgan fingerprint density at radius 2 is 2.30 bits per heavy atom. The highest BCUT2D eigenvalue weighted by Crippen LogP contribution is 2.18. The highest BCUT2D eigenvalue weighted by atomic mass is 35.5. The minimum Gasteiger partial charge on any atom is -0.369 e. The first-order valence-corrected chi connectivity index (χ1v) is 3.49. The summed E-state index contributed by atoms with van der Waals surface area (Å²) < 4.78 is 1.77. The molecule has 0 atom stereocenters. The molecule has 0 fully saturated rings. The fourth-order valence-corrected chi connectivity index (χ4v) is 1.20. The van der Waals surface area contributed by atoms with Gasteiger partial charge < -0.3 is 5.73 Å². The second kappa shape index (κ2) is 2.50. The zero-order chi connectivity index (χ0) is 7.72. The first-order valence-electron chi connectivity index (χ1n) is 3.11. The number of halogens is 1. The SMILES string of the molecule is CC(C)n1c(Cl)cnc1N. The minimum atomic E-state index is 0.273. The van der Waals surface area contributed by atoms with E-state index in [2.05, 4.69) is 4.98 Å². The van der Waals surface area contributed by atoms with Crippen molar-refractivity contribution >= 4 is 17.5 Å². The Bertz CT molecular complexity index is 209. The van der Waals surface area contributed by atoms with Gasteiger partial charge >= 0.3 is 0 Å². The lowest BCUT2D eigenvalue weighted by Crippen LogP contribution is -2.05. The molecule has 56 valence electrons. The summed E-state index contributed by atoms with van der Waals surface area (Å²) in [6.45, 7) is 4.01. The predicted octanol–water partition coefficient (Wildman–Crippen LogP) is 1.70. The molecule has 0 amide bonds. The van der Waals surface area contributed by atoms with E-state index in [0.29, 0.717) is 11.1 Å². The molecule has 0 spiro atoms. The van der Waals surface area contributed by atoms with E-state index < -0.39 is 0 Å². The van der Waals surface area contributed by atoms with E-state index in [-0.39, 0.29) is 6.04 Å². The maximum Gasteiger partial charge on any atom is 0.201 e. The Labute approximate surface area is 64.8 Å². The summed E-state index contributed by atoms with van der Waals surface area (Å²) in [6.07, 6.45) is 1.55. The normalized spacial score (nSPS) is 10.8. The zero-order valence-corrected chi connectivity index (χ0v) is 6.76. The van der Waals surface area contributed by atoms with Gasteiger partial charge in [-0.1, -0.05) is 11.6 Å². The topological polar surface area (TPSA) is 43.8 Å². The molecule has 0 unspecified atom stereocenters. The molecule has 0 saturated carbocycles. The number of anilines is 1. The second-order valence-electron chi connectivity index (χ2n) is 2.40. The van der Waals surface area contributed by atoms with Crippen molar-refractivity contribution in [2.75, 3.05) is 5.73 Å². The third-order valence-electron chi connectivity index (χ3n) is 1.30. The first kappa shape index (κ1) is 7.41. The van der Waals surface area contributed by atoms with Gasteiger partial charge in [0.2, 0.25) is 5.95 Å². The third kappa shape index (κ3) is 1.09. The molecule has 4 heteroatoms. The van der Waals surface area contributed by atoms with Crippen molar-refractivity contribution in [2.45, 2.75) is 19.9 Å². The van der Waals surface area contributed by atoms with Crippen LogP contribution in [-0.4, -0.2) is 9.55 Å². The van der Waals surface area contributed by atoms with Crippen LogP contribution in [0.1, 0.15) is 19.9 Å². The van der Waals surface area contributed by atoms with Crippen LogP contribution in [0.3, 0.4) is 0 Å². The Hall–Kier alpha value is -0.700. The van der Waals surface area contributed by atoms with E-state index in [1.807, 2.05) is 13.8 Å². The smallest absolute Gasteiger partial charge is 0.201 e. The maximum absolute atomic E-state index is 5.76. The molecule has 0 saturated heterocycles.